The molecule has 0 spiro atoms. The van der Waals surface area contributed by atoms with Crippen LogP contribution in [0.15, 0.2) is 45.4 Å². The molecule has 0 bridgehead atoms. The summed E-state index contributed by atoms with van der Waals surface area (Å²) in [6, 6.07) is 10.8. The van der Waals surface area contributed by atoms with E-state index in [2.05, 4.69) is 26.1 Å². The maximum Gasteiger partial charge on any atom is 0.415 e. The van der Waals surface area contributed by atoms with E-state index in [-0.39, 0.29) is 18.4 Å². The average Bonchev–Trinajstić information content (AvgIpc) is 3.41. The number of hydrogen-bond acceptors (Lipinski definition) is 7. The summed E-state index contributed by atoms with van der Waals surface area (Å²) in [6.07, 6.45) is 0.728. The lowest BCUT2D eigenvalue weighted by molar-refractivity contribution is -0.155. The topological polar surface area (TPSA) is 94.8 Å². The van der Waals surface area contributed by atoms with Crippen molar-refractivity contribution in [3.8, 4) is 22.8 Å². The molecule has 3 aromatic rings. The molecular formula is C28H31BrClN3O5. The largest absolute Gasteiger partial charge is 0.460 e. The lowest BCUT2D eigenvalue weighted by Gasteiger charge is -2.29. The van der Waals surface area contributed by atoms with E-state index in [1.54, 1.807) is 11.0 Å². The minimum atomic E-state index is -0.660. The molecule has 0 N–H and O–H groups in total. The number of rotatable bonds is 5. The zero-order chi connectivity index (χ0) is 27.8. The number of ether oxygens (including phenoxy) is 2. The summed E-state index contributed by atoms with van der Waals surface area (Å²) >= 11 is 9.59. The van der Waals surface area contributed by atoms with Gasteiger partial charge in [0.15, 0.2) is 0 Å². The van der Waals surface area contributed by atoms with Gasteiger partial charge in [-0.15, -0.1) is 0 Å². The van der Waals surface area contributed by atoms with Gasteiger partial charge in [-0.3, -0.25) is 9.69 Å². The Morgan fingerprint density at radius 3 is 2.39 bits per heavy atom. The van der Waals surface area contributed by atoms with E-state index >= 15 is 0 Å². The van der Waals surface area contributed by atoms with Crippen LogP contribution in [0.2, 0.25) is 5.02 Å². The fraction of sp³-hybridized carbons (Fsp3) is 0.429. The first-order valence-corrected chi connectivity index (χ1v) is 13.5. The zero-order valence-corrected chi connectivity index (χ0v) is 24.6. The quantitative estimate of drug-likeness (QED) is 0.277. The fourth-order valence-corrected chi connectivity index (χ4v) is 4.65. The van der Waals surface area contributed by atoms with Gasteiger partial charge in [-0.25, -0.2) is 4.79 Å². The van der Waals surface area contributed by atoms with Crippen molar-refractivity contribution in [1.29, 1.82) is 0 Å². The summed E-state index contributed by atoms with van der Waals surface area (Å²) in [5.74, 6) is 0.467. The second-order valence-electron chi connectivity index (χ2n) is 11.2. The van der Waals surface area contributed by atoms with Crippen LogP contribution in [0.3, 0.4) is 0 Å². The van der Waals surface area contributed by atoms with Crippen molar-refractivity contribution >= 4 is 45.3 Å². The molecule has 0 saturated carbocycles. The predicted molar refractivity (Wildman–Crippen MR) is 149 cm³/mol. The van der Waals surface area contributed by atoms with Gasteiger partial charge >= 0.3 is 12.1 Å². The third-order valence-electron chi connectivity index (χ3n) is 5.70. The number of carbonyl (C=O) groups excluding carboxylic acids is 2. The van der Waals surface area contributed by atoms with Crippen LogP contribution in [0.4, 0.5) is 10.5 Å². The number of fused-ring (bicyclic) bond motifs is 1. The average molecular weight is 605 g/mol. The minimum absolute atomic E-state index is 0.187. The number of benzene rings is 2. The van der Waals surface area contributed by atoms with Gasteiger partial charge in [-0.1, -0.05) is 16.8 Å². The molecule has 1 atom stereocenters. The number of amides is 1. The fourth-order valence-electron chi connectivity index (χ4n) is 4.22. The molecule has 0 saturated heterocycles. The highest BCUT2D eigenvalue weighted by Gasteiger charge is 2.37. The Morgan fingerprint density at radius 2 is 1.74 bits per heavy atom. The highest BCUT2D eigenvalue weighted by molar-refractivity contribution is 9.10. The van der Waals surface area contributed by atoms with Crippen molar-refractivity contribution in [2.45, 2.75) is 78.0 Å². The Labute approximate surface area is 235 Å². The molecule has 0 fully saturated rings. The molecule has 4 rings (SSSR count). The van der Waals surface area contributed by atoms with E-state index < -0.39 is 17.3 Å². The summed E-state index contributed by atoms with van der Waals surface area (Å²) in [4.78, 5) is 31.8. The highest BCUT2D eigenvalue weighted by Crippen LogP contribution is 2.38. The van der Waals surface area contributed by atoms with Crippen molar-refractivity contribution in [3.05, 3.63) is 51.5 Å². The summed E-state index contributed by atoms with van der Waals surface area (Å²) < 4.78 is 17.4. The standard InChI is InChI=1S/C28H31BrClN3O5/c1-27(2,3)36-23(34)12-9-19-14-18-13-16(8-11-22(18)33(19)26(35)37-28(4,5)6)24-31-25(38-32-24)17-7-10-20(29)21(30)15-17/h7-8,10-11,13,15,19H,9,12,14H2,1-6H3. The summed E-state index contributed by atoms with van der Waals surface area (Å²) in [5, 5.41) is 4.69. The second-order valence-corrected chi connectivity index (χ2v) is 12.5. The number of nitrogens with zero attached hydrogens (tertiary/aromatic N) is 3. The maximum atomic E-state index is 13.2. The van der Waals surface area contributed by atoms with Gasteiger partial charge in [-0.05, 0) is 112 Å². The normalized spacial score (nSPS) is 15.4. The van der Waals surface area contributed by atoms with Crippen molar-refractivity contribution < 1.29 is 23.6 Å². The van der Waals surface area contributed by atoms with Gasteiger partial charge in [-0.2, -0.15) is 4.98 Å². The van der Waals surface area contributed by atoms with E-state index in [1.165, 1.54) is 0 Å². The molecule has 1 aliphatic rings. The van der Waals surface area contributed by atoms with E-state index in [9.17, 15) is 9.59 Å². The monoisotopic (exact) mass is 603 g/mol. The van der Waals surface area contributed by atoms with Crippen LogP contribution in [-0.4, -0.2) is 39.4 Å². The van der Waals surface area contributed by atoms with Crippen LogP contribution in [0.5, 0.6) is 0 Å². The van der Waals surface area contributed by atoms with E-state index in [0.29, 0.717) is 35.1 Å². The van der Waals surface area contributed by atoms with Gasteiger partial charge in [0.2, 0.25) is 5.82 Å². The Bertz CT molecular complexity index is 1360. The molecule has 1 aliphatic heterocycles. The maximum absolute atomic E-state index is 13.2. The molecule has 2 aromatic carbocycles. The summed E-state index contributed by atoms with van der Waals surface area (Å²) in [5.41, 5.74) is 1.89. The molecule has 202 valence electrons. The third-order valence-corrected chi connectivity index (χ3v) is 6.93. The third kappa shape index (κ3) is 6.74. The number of aromatic nitrogens is 2. The molecule has 8 nitrogen and oxygen atoms in total. The first kappa shape index (κ1) is 28.1. The number of anilines is 1. The van der Waals surface area contributed by atoms with Gasteiger partial charge in [0.1, 0.15) is 11.2 Å². The summed E-state index contributed by atoms with van der Waals surface area (Å²) in [7, 11) is 0. The molecule has 38 heavy (non-hydrogen) atoms. The molecular weight excluding hydrogens is 574 g/mol. The smallest absolute Gasteiger partial charge is 0.415 e. The van der Waals surface area contributed by atoms with Crippen LogP contribution in [-0.2, 0) is 20.7 Å². The molecule has 0 aliphatic carbocycles. The SMILES string of the molecule is CC(C)(C)OC(=O)CCC1Cc2cc(-c3noc(-c4ccc(Br)c(Cl)c4)n3)ccc2N1C(=O)OC(C)(C)C. The van der Waals surface area contributed by atoms with Crippen LogP contribution >= 0.6 is 27.5 Å². The molecule has 1 unspecified atom stereocenters. The van der Waals surface area contributed by atoms with Gasteiger partial charge < -0.3 is 14.0 Å². The number of hydrogen-bond donors (Lipinski definition) is 0. The van der Waals surface area contributed by atoms with E-state index in [4.69, 9.17) is 25.6 Å². The Morgan fingerprint density at radius 1 is 1.05 bits per heavy atom. The number of halogens is 2. The second kappa shape index (κ2) is 10.7. The summed E-state index contributed by atoms with van der Waals surface area (Å²) in [6.45, 7) is 11.0. The lowest BCUT2D eigenvalue weighted by Crippen LogP contribution is -2.41. The first-order chi connectivity index (χ1) is 17.7. The van der Waals surface area contributed by atoms with Crippen molar-refractivity contribution in [2.75, 3.05) is 4.90 Å². The Kier molecular flexibility index (Phi) is 7.91. The molecule has 2 heterocycles. The van der Waals surface area contributed by atoms with E-state index in [1.807, 2.05) is 71.9 Å². The predicted octanol–water partition coefficient (Wildman–Crippen LogP) is 7.61. The van der Waals surface area contributed by atoms with Crippen molar-refractivity contribution in [1.82, 2.24) is 10.1 Å². The van der Waals surface area contributed by atoms with Crippen molar-refractivity contribution in [2.24, 2.45) is 0 Å². The molecule has 1 amide bonds. The molecule has 1 aromatic heterocycles. The van der Waals surface area contributed by atoms with Crippen LogP contribution in [0.1, 0.15) is 59.9 Å². The first-order valence-electron chi connectivity index (χ1n) is 12.4. The van der Waals surface area contributed by atoms with Crippen LogP contribution in [0, 0.1) is 0 Å². The zero-order valence-electron chi connectivity index (χ0n) is 22.3. The lowest BCUT2D eigenvalue weighted by atomic mass is 10.0. The Balaban J connectivity index is 1.59. The molecule has 0 radical (unpaired) electrons. The van der Waals surface area contributed by atoms with Gasteiger partial charge in [0.25, 0.3) is 5.89 Å². The van der Waals surface area contributed by atoms with Crippen molar-refractivity contribution in [3.63, 3.8) is 0 Å². The molecule has 10 heteroatoms. The highest BCUT2D eigenvalue weighted by atomic mass is 79.9. The Hall–Kier alpha value is -2.91. The van der Waals surface area contributed by atoms with Crippen LogP contribution < -0.4 is 4.90 Å². The van der Waals surface area contributed by atoms with Gasteiger partial charge in [0.05, 0.1) is 10.7 Å². The van der Waals surface area contributed by atoms with Gasteiger partial charge in [0, 0.05) is 28.1 Å². The number of carbonyl (C=O) groups is 2. The minimum Gasteiger partial charge on any atom is -0.460 e. The van der Waals surface area contributed by atoms with E-state index in [0.717, 1.165) is 21.3 Å². The van der Waals surface area contributed by atoms with Crippen LogP contribution in [0.25, 0.3) is 22.8 Å². The number of esters is 1.